The smallest absolute Gasteiger partial charge is 0.246 e. The molecule has 2 aromatic carbocycles. The monoisotopic (exact) mass is 505 g/mol. The van der Waals surface area contributed by atoms with Crippen LogP contribution in [-0.2, 0) is 6.61 Å². The number of likely N-dealkylation sites (N-methyl/N-ethyl adjacent to an activating group) is 1. The average Bonchev–Trinajstić information content (AvgIpc) is 3.33. The van der Waals surface area contributed by atoms with Crippen LogP contribution in [0.15, 0.2) is 48.8 Å². The third kappa shape index (κ3) is 6.15. The van der Waals surface area contributed by atoms with Gasteiger partial charge in [0.15, 0.2) is 5.65 Å². The first-order chi connectivity index (χ1) is 18.1. The highest BCUT2D eigenvalue weighted by molar-refractivity contribution is 5.92. The maximum atomic E-state index is 13.4. The van der Waals surface area contributed by atoms with E-state index >= 15 is 0 Å². The van der Waals surface area contributed by atoms with Crippen LogP contribution in [0, 0.1) is 12.7 Å². The van der Waals surface area contributed by atoms with Crippen molar-refractivity contribution in [1.29, 1.82) is 0 Å². The Labute approximate surface area is 215 Å². The van der Waals surface area contributed by atoms with E-state index in [0.29, 0.717) is 35.9 Å². The molecule has 1 fully saturated rings. The number of piperazine rings is 1. The van der Waals surface area contributed by atoms with E-state index in [1.165, 1.54) is 18.5 Å². The highest BCUT2D eigenvalue weighted by atomic mass is 19.1. The van der Waals surface area contributed by atoms with E-state index in [0.717, 1.165) is 61.8 Å². The quantitative estimate of drug-likeness (QED) is 0.332. The van der Waals surface area contributed by atoms with Crippen LogP contribution in [0.2, 0.25) is 0 Å². The van der Waals surface area contributed by atoms with Crippen LogP contribution in [0.5, 0.6) is 11.6 Å². The predicted molar refractivity (Wildman–Crippen MR) is 141 cm³/mol. The minimum absolute atomic E-state index is 0.272. The van der Waals surface area contributed by atoms with E-state index in [1.54, 1.807) is 6.07 Å². The summed E-state index contributed by atoms with van der Waals surface area (Å²) in [6.07, 6.45) is 1.49. The number of hydrogen-bond donors (Lipinski definition) is 2. The SMILES string of the molecule is CCN1CCN(CCOc2n[nH]c3ncnc(Nc4ccc(OCc5cccc(F)c5)c(C)c4)c23)CC1. The van der Waals surface area contributed by atoms with Crippen LogP contribution in [-0.4, -0.2) is 75.8 Å². The molecule has 1 aliphatic heterocycles. The van der Waals surface area contributed by atoms with Gasteiger partial charge in [0.1, 0.15) is 42.3 Å². The second-order valence-corrected chi connectivity index (χ2v) is 9.12. The van der Waals surface area contributed by atoms with Gasteiger partial charge in [0.05, 0.1) is 0 Å². The van der Waals surface area contributed by atoms with E-state index in [9.17, 15) is 4.39 Å². The summed E-state index contributed by atoms with van der Waals surface area (Å²) in [5.41, 5.74) is 3.17. The van der Waals surface area contributed by atoms with Crippen LogP contribution >= 0.6 is 0 Å². The Morgan fingerprint density at radius 1 is 1.03 bits per heavy atom. The van der Waals surface area contributed by atoms with Gasteiger partial charge in [-0.25, -0.2) is 14.4 Å². The highest BCUT2D eigenvalue weighted by Crippen LogP contribution is 2.31. The maximum absolute atomic E-state index is 13.4. The summed E-state index contributed by atoms with van der Waals surface area (Å²) in [4.78, 5) is 13.6. The summed E-state index contributed by atoms with van der Waals surface area (Å²) in [5.74, 6) is 1.55. The van der Waals surface area contributed by atoms with Gasteiger partial charge in [-0.15, -0.1) is 5.10 Å². The zero-order chi connectivity index (χ0) is 25.6. The molecule has 10 heteroatoms. The lowest BCUT2D eigenvalue weighted by atomic mass is 10.2. The third-order valence-corrected chi connectivity index (χ3v) is 6.60. The molecule has 0 atom stereocenters. The second-order valence-electron chi connectivity index (χ2n) is 9.12. The molecule has 4 aromatic rings. The number of rotatable bonds is 10. The number of aromatic nitrogens is 4. The van der Waals surface area contributed by atoms with Crippen molar-refractivity contribution < 1.29 is 13.9 Å². The molecule has 2 aromatic heterocycles. The van der Waals surface area contributed by atoms with Gasteiger partial charge < -0.3 is 19.7 Å². The Kier molecular flexibility index (Phi) is 7.76. The Morgan fingerprint density at radius 2 is 1.86 bits per heavy atom. The minimum Gasteiger partial charge on any atom is -0.489 e. The number of halogens is 1. The highest BCUT2D eigenvalue weighted by Gasteiger charge is 2.18. The molecule has 194 valence electrons. The molecule has 5 rings (SSSR count). The third-order valence-electron chi connectivity index (χ3n) is 6.60. The molecule has 0 unspecified atom stereocenters. The first-order valence-corrected chi connectivity index (χ1v) is 12.6. The first kappa shape index (κ1) is 24.9. The predicted octanol–water partition coefficient (Wildman–Crippen LogP) is 4.14. The number of fused-ring (bicyclic) bond motifs is 1. The second kappa shape index (κ2) is 11.5. The normalized spacial score (nSPS) is 14.7. The molecule has 37 heavy (non-hydrogen) atoms. The molecule has 3 heterocycles. The van der Waals surface area contributed by atoms with Gasteiger partial charge in [-0.3, -0.25) is 10.00 Å². The van der Waals surface area contributed by atoms with E-state index < -0.39 is 0 Å². The van der Waals surface area contributed by atoms with Gasteiger partial charge in [0.25, 0.3) is 0 Å². The fourth-order valence-corrected chi connectivity index (χ4v) is 4.45. The Balaban J connectivity index is 1.23. The van der Waals surface area contributed by atoms with Crippen LogP contribution in [0.1, 0.15) is 18.1 Å². The zero-order valence-corrected chi connectivity index (χ0v) is 21.2. The van der Waals surface area contributed by atoms with Gasteiger partial charge in [-0.05, 0) is 54.9 Å². The molecule has 0 spiro atoms. The first-order valence-electron chi connectivity index (χ1n) is 12.6. The molecule has 0 radical (unpaired) electrons. The number of nitrogens with one attached hydrogen (secondary N) is 2. The van der Waals surface area contributed by atoms with Crippen molar-refractivity contribution >= 4 is 22.5 Å². The summed E-state index contributed by atoms with van der Waals surface area (Å²) < 4.78 is 25.4. The lowest BCUT2D eigenvalue weighted by molar-refractivity contribution is 0.120. The lowest BCUT2D eigenvalue weighted by Gasteiger charge is -2.33. The molecule has 0 amide bonds. The van der Waals surface area contributed by atoms with E-state index in [1.807, 2.05) is 31.2 Å². The summed E-state index contributed by atoms with van der Waals surface area (Å²) >= 11 is 0. The van der Waals surface area contributed by atoms with Crippen LogP contribution in [0.3, 0.4) is 0 Å². The number of nitrogens with zero attached hydrogens (tertiary/aromatic N) is 5. The molecule has 0 aliphatic carbocycles. The van der Waals surface area contributed by atoms with E-state index in [4.69, 9.17) is 9.47 Å². The van der Waals surface area contributed by atoms with Gasteiger partial charge in [-0.1, -0.05) is 19.1 Å². The van der Waals surface area contributed by atoms with Gasteiger partial charge >= 0.3 is 0 Å². The number of ether oxygens (including phenoxy) is 2. The number of anilines is 2. The van der Waals surface area contributed by atoms with E-state index in [-0.39, 0.29) is 5.82 Å². The zero-order valence-electron chi connectivity index (χ0n) is 21.2. The number of aryl methyl sites for hydroxylation is 1. The fourth-order valence-electron chi connectivity index (χ4n) is 4.45. The van der Waals surface area contributed by atoms with Crippen molar-refractivity contribution in [1.82, 2.24) is 30.0 Å². The van der Waals surface area contributed by atoms with Gasteiger partial charge in [-0.2, -0.15) is 0 Å². The Morgan fingerprint density at radius 3 is 2.65 bits per heavy atom. The lowest BCUT2D eigenvalue weighted by Crippen LogP contribution is -2.47. The molecule has 0 saturated carbocycles. The molecular formula is C27H32FN7O2. The molecule has 9 nitrogen and oxygen atoms in total. The van der Waals surface area contributed by atoms with Crippen molar-refractivity contribution in [2.24, 2.45) is 0 Å². The maximum Gasteiger partial charge on any atom is 0.246 e. The van der Waals surface area contributed by atoms with Crippen molar-refractivity contribution in [3.63, 3.8) is 0 Å². The minimum atomic E-state index is -0.272. The number of aromatic amines is 1. The molecule has 2 N–H and O–H groups in total. The number of H-pyrrole nitrogens is 1. The van der Waals surface area contributed by atoms with Crippen LogP contribution in [0.4, 0.5) is 15.9 Å². The Bertz CT molecular complexity index is 1340. The van der Waals surface area contributed by atoms with Crippen LogP contribution in [0.25, 0.3) is 11.0 Å². The largest absolute Gasteiger partial charge is 0.489 e. The summed E-state index contributed by atoms with van der Waals surface area (Å²) in [5, 5.41) is 11.3. The van der Waals surface area contributed by atoms with Gasteiger partial charge in [0.2, 0.25) is 5.88 Å². The summed E-state index contributed by atoms with van der Waals surface area (Å²) in [7, 11) is 0. The number of hydrogen-bond acceptors (Lipinski definition) is 8. The van der Waals surface area contributed by atoms with E-state index in [2.05, 4.69) is 42.2 Å². The van der Waals surface area contributed by atoms with Crippen molar-refractivity contribution in [2.45, 2.75) is 20.5 Å². The van der Waals surface area contributed by atoms with Crippen LogP contribution < -0.4 is 14.8 Å². The standard InChI is InChI=1S/C27H32FN7O2/c1-3-34-9-11-35(12-10-34)13-14-36-27-24-25(29-18-30-26(24)32-33-27)31-22-7-8-23(19(2)15-22)37-17-20-5-4-6-21(28)16-20/h4-8,15-16,18H,3,9-14,17H2,1-2H3,(H2,29,30,31,32,33). The number of benzene rings is 2. The molecule has 1 aliphatic rings. The molecular weight excluding hydrogens is 473 g/mol. The molecule has 1 saturated heterocycles. The molecule has 0 bridgehead atoms. The topological polar surface area (TPSA) is 91.4 Å². The van der Waals surface area contributed by atoms with Gasteiger partial charge in [0, 0.05) is 38.4 Å². The summed E-state index contributed by atoms with van der Waals surface area (Å²) in [6.45, 7) is 11.2. The van der Waals surface area contributed by atoms with Crippen molar-refractivity contribution in [3.8, 4) is 11.6 Å². The van der Waals surface area contributed by atoms with Crippen molar-refractivity contribution in [3.05, 3.63) is 65.7 Å². The Hall–Kier alpha value is -3.76. The van der Waals surface area contributed by atoms with Crippen molar-refractivity contribution in [2.75, 3.05) is 51.2 Å². The summed E-state index contributed by atoms with van der Waals surface area (Å²) in [6, 6.07) is 12.2. The fraction of sp³-hybridized carbons (Fsp3) is 0.370. The average molecular weight is 506 g/mol.